The molecule has 1 aromatic carbocycles. The van der Waals surface area contributed by atoms with E-state index in [0.717, 1.165) is 18.6 Å². The maximum atomic E-state index is 13.1. The van der Waals surface area contributed by atoms with E-state index in [9.17, 15) is 19.6 Å². The molecule has 0 spiro atoms. The van der Waals surface area contributed by atoms with Gasteiger partial charge in [0.05, 0.1) is 21.6 Å². The van der Waals surface area contributed by atoms with E-state index in [-0.39, 0.29) is 10.2 Å². The first-order valence-corrected chi connectivity index (χ1v) is 6.26. The molecule has 0 unspecified atom stereocenters. The van der Waals surface area contributed by atoms with E-state index >= 15 is 0 Å². The summed E-state index contributed by atoms with van der Waals surface area (Å²) < 4.78 is 18.8. The number of aliphatic hydroxyl groups excluding tert-OH is 1. The third-order valence-corrected chi connectivity index (χ3v) is 3.46. The lowest BCUT2D eigenvalue weighted by atomic mass is 10.2. The second-order valence-electron chi connectivity index (χ2n) is 4.15. The highest BCUT2D eigenvalue weighted by atomic mass is 79.9. The zero-order valence-corrected chi connectivity index (χ0v) is 10.9. The number of hydrogen-bond acceptors (Lipinski definition) is 4. The van der Waals surface area contributed by atoms with Gasteiger partial charge in [-0.1, -0.05) is 0 Å². The molecular formula is C11H11BrFNO4. The minimum Gasteiger partial charge on any atom is -0.480 e. The summed E-state index contributed by atoms with van der Waals surface area (Å²) in [5.41, 5.74) is -0.444. The topological polar surface area (TPSA) is 72.6 Å². The van der Waals surface area contributed by atoms with Gasteiger partial charge in [0.2, 0.25) is 5.75 Å². The first-order valence-electron chi connectivity index (χ1n) is 5.47. The van der Waals surface area contributed by atoms with Gasteiger partial charge >= 0.3 is 5.69 Å². The van der Waals surface area contributed by atoms with Crippen LogP contribution in [0.15, 0.2) is 16.6 Å². The van der Waals surface area contributed by atoms with Crippen LogP contribution in [0.25, 0.3) is 0 Å². The van der Waals surface area contributed by atoms with E-state index in [1.54, 1.807) is 0 Å². The SMILES string of the molecule is O=[N+]([O-])c1cc(F)cc(Br)c1O[C@@H]1CCC[C@H]1O. The molecular weight excluding hydrogens is 309 g/mol. The smallest absolute Gasteiger partial charge is 0.315 e. The molecule has 0 bridgehead atoms. The molecule has 98 valence electrons. The van der Waals surface area contributed by atoms with Crippen LogP contribution in [0.5, 0.6) is 5.75 Å². The highest BCUT2D eigenvalue weighted by Gasteiger charge is 2.30. The van der Waals surface area contributed by atoms with Crippen molar-refractivity contribution < 1.29 is 19.2 Å². The van der Waals surface area contributed by atoms with Crippen LogP contribution in [0.4, 0.5) is 10.1 Å². The van der Waals surface area contributed by atoms with Crippen molar-refractivity contribution in [3.63, 3.8) is 0 Å². The lowest BCUT2D eigenvalue weighted by molar-refractivity contribution is -0.386. The predicted molar refractivity (Wildman–Crippen MR) is 65.0 cm³/mol. The van der Waals surface area contributed by atoms with E-state index in [4.69, 9.17) is 4.74 Å². The Morgan fingerprint density at radius 2 is 2.22 bits per heavy atom. The second kappa shape index (κ2) is 5.19. The zero-order chi connectivity index (χ0) is 13.3. The Morgan fingerprint density at radius 1 is 1.50 bits per heavy atom. The molecule has 1 fully saturated rings. The van der Waals surface area contributed by atoms with Crippen molar-refractivity contribution in [1.29, 1.82) is 0 Å². The van der Waals surface area contributed by atoms with Gasteiger partial charge < -0.3 is 9.84 Å². The minimum atomic E-state index is -0.715. The van der Waals surface area contributed by atoms with Crippen molar-refractivity contribution in [2.45, 2.75) is 31.5 Å². The molecule has 0 heterocycles. The molecule has 18 heavy (non-hydrogen) atoms. The molecule has 0 amide bonds. The van der Waals surface area contributed by atoms with Gasteiger partial charge in [-0.15, -0.1) is 0 Å². The van der Waals surface area contributed by atoms with Crippen LogP contribution < -0.4 is 4.74 Å². The normalized spacial score (nSPS) is 23.1. The third-order valence-electron chi connectivity index (χ3n) is 2.87. The van der Waals surface area contributed by atoms with Crippen LogP contribution in [0.1, 0.15) is 19.3 Å². The summed E-state index contributed by atoms with van der Waals surface area (Å²) in [5, 5.41) is 20.5. The Hall–Kier alpha value is -1.21. The predicted octanol–water partition coefficient (Wildman–Crippen LogP) is 2.79. The van der Waals surface area contributed by atoms with Crippen molar-refractivity contribution in [3.05, 3.63) is 32.5 Å². The third kappa shape index (κ3) is 2.62. The number of benzene rings is 1. The van der Waals surface area contributed by atoms with Gasteiger partial charge in [0.15, 0.2) is 0 Å². The van der Waals surface area contributed by atoms with Crippen molar-refractivity contribution >= 4 is 21.6 Å². The fourth-order valence-corrected chi connectivity index (χ4v) is 2.51. The quantitative estimate of drug-likeness (QED) is 0.686. The van der Waals surface area contributed by atoms with Crippen LogP contribution in [-0.2, 0) is 0 Å². The van der Waals surface area contributed by atoms with Gasteiger partial charge in [-0.05, 0) is 41.3 Å². The molecule has 0 radical (unpaired) electrons. The molecule has 0 aromatic heterocycles. The summed E-state index contributed by atoms with van der Waals surface area (Å²) in [6.07, 6.45) is 0.921. The van der Waals surface area contributed by atoms with Crippen molar-refractivity contribution in [1.82, 2.24) is 0 Å². The molecule has 5 nitrogen and oxygen atoms in total. The maximum absolute atomic E-state index is 13.1. The molecule has 1 N–H and O–H groups in total. The number of halogens is 2. The average Bonchev–Trinajstić information content (AvgIpc) is 2.67. The number of nitrogens with zero attached hydrogens (tertiary/aromatic N) is 1. The summed E-state index contributed by atoms with van der Waals surface area (Å²) in [7, 11) is 0. The van der Waals surface area contributed by atoms with Crippen molar-refractivity contribution in [2.24, 2.45) is 0 Å². The number of hydrogen-bond donors (Lipinski definition) is 1. The number of nitro benzene ring substituents is 1. The van der Waals surface area contributed by atoms with Gasteiger partial charge in [-0.3, -0.25) is 10.1 Å². The minimum absolute atomic E-state index is 0.0349. The summed E-state index contributed by atoms with van der Waals surface area (Å²) in [5.74, 6) is -0.750. The number of rotatable bonds is 3. The lowest BCUT2D eigenvalue weighted by Crippen LogP contribution is -2.26. The average molecular weight is 320 g/mol. The van der Waals surface area contributed by atoms with Crippen LogP contribution in [0.3, 0.4) is 0 Å². The second-order valence-corrected chi connectivity index (χ2v) is 5.00. The highest BCUT2D eigenvalue weighted by Crippen LogP contribution is 2.38. The molecule has 7 heteroatoms. The standard InChI is InChI=1S/C11H11BrFNO4/c12-7-4-6(13)5-8(14(16)17)11(7)18-10-3-1-2-9(10)15/h4-5,9-10,15H,1-3H2/t9-,10-/m1/s1. The molecule has 0 aliphatic heterocycles. The summed E-state index contributed by atoms with van der Waals surface area (Å²) >= 11 is 3.04. The van der Waals surface area contributed by atoms with Crippen LogP contribution in [-0.4, -0.2) is 22.2 Å². The van der Waals surface area contributed by atoms with Crippen molar-refractivity contribution in [2.75, 3.05) is 0 Å². The van der Waals surface area contributed by atoms with Crippen LogP contribution >= 0.6 is 15.9 Å². The Balaban J connectivity index is 2.33. The van der Waals surface area contributed by atoms with Crippen LogP contribution in [0.2, 0.25) is 0 Å². The molecule has 1 saturated carbocycles. The Labute approximate surface area is 111 Å². The first-order chi connectivity index (χ1) is 8.49. The first kappa shape index (κ1) is 13.2. The van der Waals surface area contributed by atoms with Gasteiger partial charge in [-0.25, -0.2) is 4.39 Å². The number of nitro groups is 1. The molecule has 1 aromatic rings. The highest BCUT2D eigenvalue weighted by molar-refractivity contribution is 9.10. The Bertz CT molecular complexity index is 482. The Morgan fingerprint density at radius 3 is 2.78 bits per heavy atom. The zero-order valence-electron chi connectivity index (χ0n) is 9.31. The molecule has 0 saturated heterocycles. The maximum Gasteiger partial charge on any atom is 0.315 e. The van der Waals surface area contributed by atoms with Gasteiger partial charge in [0.1, 0.15) is 11.9 Å². The fraction of sp³-hybridized carbons (Fsp3) is 0.455. The van der Waals surface area contributed by atoms with Crippen molar-refractivity contribution in [3.8, 4) is 5.75 Å². The summed E-state index contributed by atoms with van der Waals surface area (Å²) in [4.78, 5) is 10.2. The van der Waals surface area contributed by atoms with E-state index in [1.807, 2.05) is 0 Å². The monoisotopic (exact) mass is 319 g/mol. The van der Waals surface area contributed by atoms with E-state index < -0.39 is 28.6 Å². The van der Waals surface area contributed by atoms with E-state index in [1.165, 1.54) is 0 Å². The Kier molecular flexibility index (Phi) is 3.82. The number of ether oxygens (including phenoxy) is 1. The van der Waals surface area contributed by atoms with E-state index in [0.29, 0.717) is 12.8 Å². The van der Waals surface area contributed by atoms with Gasteiger partial charge in [-0.2, -0.15) is 0 Å². The van der Waals surface area contributed by atoms with Crippen LogP contribution in [0, 0.1) is 15.9 Å². The fourth-order valence-electron chi connectivity index (χ4n) is 1.99. The molecule has 2 atom stereocenters. The molecule has 1 aliphatic carbocycles. The summed E-state index contributed by atoms with van der Waals surface area (Å²) in [6, 6.07) is 1.91. The summed E-state index contributed by atoms with van der Waals surface area (Å²) in [6.45, 7) is 0. The van der Waals surface area contributed by atoms with E-state index in [2.05, 4.69) is 15.9 Å². The molecule has 1 aliphatic rings. The molecule has 2 rings (SSSR count). The lowest BCUT2D eigenvalue weighted by Gasteiger charge is -2.17. The largest absolute Gasteiger partial charge is 0.480 e. The van der Waals surface area contributed by atoms with Gasteiger partial charge in [0.25, 0.3) is 0 Å². The number of aliphatic hydroxyl groups is 1. The van der Waals surface area contributed by atoms with Gasteiger partial charge in [0, 0.05) is 0 Å².